The summed E-state index contributed by atoms with van der Waals surface area (Å²) in [6.45, 7) is 0.220. The van der Waals surface area contributed by atoms with E-state index in [9.17, 15) is 4.48 Å². The zero-order valence-electron chi connectivity index (χ0n) is 4.10. The van der Waals surface area contributed by atoms with Crippen LogP contribution in [0.5, 0.6) is 0 Å². The molecule has 0 spiro atoms. The van der Waals surface area contributed by atoms with Gasteiger partial charge in [-0.1, -0.05) is 0 Å². The van der Waals surface area contributed by atoms with Crippen molar-refractivity contribution < 1.29 is 4.48 Å². The van der Waals surface area contributed by atoms with Crippen LogP contribution in [0.4, 0.5) is 4.48 Å². The highest BCUT2D eigenvalue weighted by atomic mass is 32.1. The van der Waals surface area contributed by atoms with Crippen LogP contribution >= 0.6 is 11.3 Å². The lowest BCUT2D eigenvalue weighted by atomic mass is 10.7. The van der Waals surface area contributed by atoms with Gasteiger partial charge < -0.3 is 0 Å². The fourth-order valence-corrected chi connectivity index (χ4v) is 0.936. The van der Waals surface area contributed by atoms with Gasteiger partial charge in [-0.3, -0.25) is 0 Å². The van der Waals surface area contributed by atoms with Gasteiger partial charge >= 0.3 is 0 Å². The van der Waals surface area contributed by atoms with E-state index in [2.05, 4.69) is 4.98 Å². The van der Waals surface area contributed by atoms with Gasteiger partial charge in [-0.15, -0.1) is 15.8 Å². The molecule has 0 aliphatic heterocycles. The van der Waals surface area contributed by atoms with Crippen LogP contribution in [0.2, 0.25) is 0 Å². The first-order chi connectivity index (χ1) is 3.93. The van der Waals surface area contributed by atoms with Crippen LogP contribution in [-0.2, 0) is 6.54 Å². The number of rotatable bonds is 2. The molecule has 0 saturated heterocycles. The van der Waals surface area contributed by atoms with Crippen molar-refractivity contribution in [2.75, 3.05) is 0 Å². The van der Waals surface area contributed by atoms with E-state index >= 15 is 0 Å². The summed E-state index contributed by atoms with van der Waals surface area (Å²) in [5.74, 6) is 0. The number of nitrogens with zero attached hydrogens (tertiary/aromatic N) is 1. The molecule has 1 N–H and O–H groups in total. The monoisotopic (exact) mass is 132 g/mol. The van der Waals surface area contributed by atoms with Gasteiger partial charge in [0.2, 0.25) is 0 Å². The second-order valence-electron chi connectivity index (χ2n) is 1.24. The average molecular weight is 132 g/mol. The highest BCUT2D eigenvalue weighted by molar-refractivity contribution is 7.09. The molecule has 0 atom stereocenters. The first kappa shape index (κ1) is 5.65. The number of aromatic nitrogens is 1. The van der Waals surface area contributed by atoms with Crippen LogP contribution < -0.4 is 5.54 Å². The van der Waals surface area contributed by atoms with Crippen LogP contribution in [0.15, 0.2) is 11.6 Å². The van der Waals surface area contributed by atoms with Gasteiger partial charge in [-0.25, -0.2) is 4.98 Å². The van der Waals surface area contributed by atoms with Gasteiger partial charge in [0.1, 0.15) is 5.01 Å². The third-order valence-electron chi connectivity index (χ3n) is 0.702. The molecule has 8 heavy (non-hydrogen) atoms. The predicted molar refractivity (Wildman–Crippen MR) is 30.1 cm³/mol. The second kappa shape index (κ2) is 2.74. The number of nitrogens with one attached hydrogen (secondary N) is 1. The lowest BCUT2D eigenvalue weighted by molar-refractivity contribution is 0.329. The molecule has 0 amide bonds. The van der Waals surface area contributed by atoms with E-state index < -0.39 is 0 Å². The molecule has 0 fully saturated rings. The summed E-state index contributed by atoms with van der Waals surface area (Å²) in [6.07, 6.45) is 1.65. The number of thiazole rings is 1. The van der Waals surface area contributed by atoms with Crippen molar-refractivity contribution in [1.82, 2.24) is 10.5 Å². The molecule has 0 bridgehead atoms. The fourth-order valence-electron chi connectivity index (χ4n) is 0.397. The van der Waals surface area contributed by atoms with Crippen molar-refractivity contribution in [3.63, 3.8) is 0 Å². The van der Waals surface area contributed by atoms with Crippen molar-refractivity contribution in [2.45, 2.75) is 6.54 Å². The Labute approximate surface area is 50.3 Å². The van der Waals surface area contributed by atoms with Crippen LogP contribution in [-0.4, -0.2) is 4.98 Å². The van der Waals surface area contributed by atoms with Crippen molar-refractivity contribution in [3.05, 3.63) is 16.6 Å². The molecule has 0 unspecified atom stereocenters. The minimum absolute atomic E-state index is 0.220. The number of hydrogen-bond donors (Lipinski definition) is 1. The molecule has 4 heteroatoms. The molecule has 1 aromatic rings. The maximum atomic E-state index is 11.3. The molecule has 2 nitrogen and oxygen atoms in total. The van der Waals surface area contributed by atoms with E-state index in [1.165, 1.54) is 16.9 Å². The Morgan fingerprint density at radius 2 is 2.75 bits per heavy atom. The van der Waals surface area contributed by atoms with Crippen molar-refractivity contribution in [3.8, 4) is 0 Å². The highest BCUT2D eigenvalue weighted by Gasteiger charge is 1.89. The lowest BCUT2D eigenvalue weighted by Crippen LogP contribution is -1.97. The van der Waals surface area contributed by atoms with Crippen molar-refractivity contribution >= 4 is 11.3 Å². The quantitative estimate of drug-likeness (QED) is 0.610. The number of hydrogen-bond acceptors (Lipinski definition) is 3. The zero-order valence-corrected chi connectivity index (χ0v) is 4.91. The molecule has 1 rings (SSSR count). The molecular weight excluding hydrogens is 127 g/mol. The van der Waals surface area contributed by atoms with Crippen LogP contribution in [0.3, 0.4) is 0 Å². The van der Waals surface area contributed by atoms with E-state index in [1.54, 1.807) is 6.20 Å². The summed E-state index contributed by atoms with van der Waals surface area (Å²) >= 11 is 1.43. The van der Waals surface area contributed by atoms with Crippen LogP contribution in [0.25, 0.3) is 0 Å². The zero-order chi connectivity index (χ0) is 5.82. The minimum atomic E-state index is 0.220. The van der Waals surface area contributed by atoms with Gasteiger partial charge in [-0.2, -0.15) is 5.54 Å². The van der Waals surface area contributed by atoms with Crippen LogP contribution in [0.1, 0.15) is 5.01 Å². The lowest BCUT2D eigenvalue weighted by Gasteiger charge is -1.84. The van der Waals surface area contributed by atoms with Crippen molar-refractivity contribution in [1.29, 1.82) is 0 Å². The Morgan fingerprint density at radius 3 is 3.25 bits per heavy atom. The molecule has 1 heterocycles. The van der Waals surface area contributed by atoms with Crippen LogP contribution in [0, 0.1) is 0 Å². The minimum Gasteiger partial charge on any atom is -0.248 e. The first-order valence-electron chi connectivity index (χ1n) is 2.15. The van der Waals surface area contributed by atoms with E-state index in [1.807, 2.05) is 5.38 Å². The summed E-state index contributed by atoms with van der Waals surface area (Å²) in [5.41, 5.74) is 1.52. The third kappa shape index (κ3) is 1.24. The molecule has 0 aliphatic rings. The Kier molecular flexibility index (Phi) is 1.93. The normalized spacial score (nSPS) is 9.62. The van der Waals surface area contributed by atoms with Gasteiger partial charge in [0.25, 0.3) is 0 Å². The van der Waals surface area contributed by atoms with E-state index in [-0.39, 0.29) is 6.54 Å². The number of halogens is 1. The average Bonchev–Trinajstić information content (AvgIpc) is 2.19. The highest BCUT2D eigenvalue weighted by Crippen LogP contribution is 2.01. The van der Waals surface area contributed by atoms with Gasteiger partial charge in [0, 0.05) is 11.6 Å². The molecular formula is C4H5FN2S. The summed E-state index contributed by atoms with van der Waals surface area (Å²) in [5, 5.41) is 2.58. The van der Waals surface area contributed by atoms with Gasteiger partial charge in [-0.05, 0) is 0 Å². The molecule has 0 radical (unpaired) electrons. The SMILES string of the molecule is FNCc1nccs1. The Hall–Kier alpha value is -0.480. The largest absolute Gasteiger partial charge is 0.248 e. The Morgan fingerprint density at radius 1 is 1.88 bits per heavy atom. The van der Waals surface area contributed by atoms with E-state index in [0.717, 1.165) is 5.01 Å². The van der Waals surface area contributed by atoms with Gasteiger partial charge in [0.15, 0.2) is 0 Å². The topological polar surface area (TPSA) is 24.9 Å². The van der Waals surface area contributed by atoms with Crippen molar-refractivity contribution in [2.24, 2.45) is 0 Å². The Bertz CT molecular complexity index is 140. The third-order valence-corrected chi connectivity index (χ3v) is 1.48. The fraction of sp³-hybridized carbons (Fsp3) is 0.250. The molecule has 44 valence electrons. The van der Waals surface area contributed by atoms with E-state index in [4.69, 9.17) is 0 Å². The molecule has 0 aromatic carbocycles. The summed E-state index contributed by atoms with van der Waals surface area (Å²) in [6, 6.07) is 0. The Balaban J connectivity index is 2.50. The predicted octanol–water partition coefficient (Wildman–Crippen LogP) is 1.12. The van der Waals surface area contributed by atoms with Gasteiger partial charge in [0.05, 0.1) is 6.54 Å². The molecule has 0 aliphatic carbocycles. The first-order valence-corrected chi connectivity index (χ1v) is 3.03. The standard InChI is InChI=1S/C4H5FN2S/c5-7-3-4-6-1-2-8-4/h1-2,7H,3H2. The maximum Gasteiger partial charge on any atom is 0.109 e. The second-order valence-corrected chi connectivity index (χ2v) is 2.22. The summed E-state index contributed by atoms with van der Waals surface area (Å²) in [7, 11) is 0. The smallest absolute Gasteiger partial charge is 0.109 e. The summed E-state index contributed by atoms with van der Waals surface area (Å²) in [4.78, 5) is 3.82. The molecule has 1 aromatic heterocycles. The molecule has 0 saturated carbocycles. The summed E-state index contributed by atoms with van der Waals surface area (Å²) < 4.78 is 11.3. The maximum absolute atomic E-state index is 11.3. The van der Waals surface area contributed by atoms with E-state index in [0.29, 0.717) is 0 Å².